The number of hydrogen-bond acceptors (Lipinski definition) is 4. The second-order valence-corrected chi connectivity index (χ2v) is 7.07. The maximum atomic E-state index is 13.0. The number of thiophene rings is 1. The molecule has 1 aromatic carbocycles. The Bertz CT molecular complexity index is 926. The molecule has 0 spiro atoms. The van der Waals surface area contributed by atoms with Gasteiger partial charge in [0.25, 0.3) is 0 Å². The Morgan fingerprint density at radius 2 is 2.19 bits per heavy atom. The molecular formula is C21H19NO3S. The van der Waals surface area contributed by atoms with Crippen LogP contribution in [0.1, 0.15) is 27.6 Å². The van der Waals surface area contributed by atoms with Gasteiger partial charge in [0, 0.05) is 28.6 Å². The highest BCUT2D eigenvalue weighted by Gasteiger charge is 2.33. The lowest BCUT2D eigenvalue weighted by molar-refractivity contribution is -0.127. The molecule has 0 N–H and O–H groups in total. The number of fused-ring (bicyclic) bond motifs is 1. The van der Waals surface area contributed by atoms with Crippen LogP contribution in [0.15, 0.2) is 64.8 Å². The number of carbonyl (C=O) groups is 1. The Morgan fingerprint density at radius 3 is 3.00 bits per heavy atom. The number of rotatable bonds is 4. The molecule has 1 amide bonds. The molecule has 1 atom stereocenters. The molecule has 5 heteroatoms. The normalized spacial score (nSPS) is 16.7. The smallest absolute Gasteiger partial charge is 0.247 e. The van der Waals surface area contributed by atoms with E-state index in [9.17, 15) is 4.79 Å². The monoisotopic (exact) mass is 365 g/mol. The van der Waals surface area contributed by atoms with E-state index in [1.807, 2.05) is 35.2 Å². The summed E-state index contributed by atoms with van der Waals surface area (Å²) in [5.74, 6) is 0.788. The molecule has 0 fully saturated rings. The minimum atomic E-state index is -0.128. The fourth-order valence-corrected chi connectivity index (χ4v) is 4.46. The first-order valence-corrected chi connectivity index (χ1v) is 9.36. The minimum Gasteiger partial charge on any atom is -0.496 e. The van der Waals surface area contributed by atoms with Gasteiger partial charge in [-0.2, -0.15) is 0 Å². The summed E-state index contributed by atoms with van der Waals surface area (Å²) >= 11 is 1.70. The number of benzene rings is 1. The number of nitrogens with zero attached hydrogens (tertiary/aromatic N) is 1. The highest BCUT2D eigenvalue weighted by molar-refractivity contribution is 7.10. The molecular weight excluding hydrogens is 346 g/mol. The zero-order chi connectivity index (χ0) is 17.9. The summed E-state index contributed by atoms with van der Waals surface area (Å²) in [4.78, 5) is 16.1. The van der Waals surface area contributed by atoms with E-state index in [0.717, 1.165) is 23.3 Å². The maximum Gasteiger partial charge on any atom is 0.247 e. The van der Waals surface area contributed by atoms with E-state index in [1.165, 1.54) is 10.4 Å². The van der Waals surface area contributed by atoms with Gasteiger partial charge in [0.2, 0.25) is 5.91 Å². The van der Waals surface area contributed by atoms with Crippen molar-refractivity contribution in [3.63, 3.8) is 0 Å². The fraction of sp³-hybridized carbons (Fsp3) is 0.190. The summed E-state index contributed by atoms with van der Waals surface area (Å²) in [7, 11) is 1.67. The van der Waals surface area contributed by atoms with Gasteiger partial charge in [0.1, 0.15) is 5.75 Å². The van der Waals surface area contributed by atoms with Gasteiger partial charge >= 0.3 is 0 Å². The van der Waals surface area contributed by atoms with E-state index in [1.54, 1.807) is 43.1 Å². The molecule has 4 nitrogen and oxygen atoms in total. The maximum absolute atomic E-state index is 13.0. The third-order valence-corrected chi connectivity index (χ3v) is 5.65. The van der Waals surface area contributed by atoms with E-state index in [0.29, 0.717) is 6.54 Å². The lowest BCUT2D eigenvalue weighted by Crippen LogP contribution is -2.39. The van der Waals surface area contributed by atoms with E-state index in [4.69, 9.17) is 9.15 Å². The predicted octanol–water partition coefficient (Wildman–Crippen LogP) is 4.54. The van der Waals surface area contributed by atoms with Gasteiger partial charge in [-0.1, -0.05) is 18.2 Å². The second-order valence-electron chi connectivity index (χ2n) is 6.13. The highest BCUT2D eigenvalue weighted by Crippen LogP contribution is 2.41. The average Bonchev–Trinajstić information content (AvgIpc) is 3.36. The van der Waals surface area contributed by atoms with Crippen molar-refractivity contribution >= 4 is 23.3 Å². The molecule has 0 aliphatic carbocycles. The fourth-order valence-electron chi connectivity index (χ4n) is 3.38. The molecule has 0 saturated carbocycles. The Labute approximate surface area is 156 Å². The van der Waals surface area contributed by atoms with Crippen LogP contribution in [0.5, 0.6) is 5.75 Å². The first kappa shape index (κ1) is 16.7. The number of hydrogen-bond donors (Lipinski definition) is 0. The van der Waals surface area contributed by atoms with E-state index >= 15 is 0 Å². The van der Waals surface area contributed by atoms with Crippen LogP contribution in [-0.2, 0) is 11.2 Å². The van der Waals surface area contributed by atoms with Crippen molar-refractivity contribution in [2.75, 3.05) is 13.7 Å². The van der Waals surface area contributed by atoms with Crippen molar-refractivity contribution in [1.82, 2.24) is 4.90 Å². The molecule has 3 aromatic rings. The molecule has 3 heterocycles. The molecule has 1 unspecified atom stereocenters. The number of para-hydroxylation sites is 1. The van der Waals surface area contributed by atoms with Crippen molar-refractivity contribution in [1.29, 1.82) is 0 Å². The summed E-state index contributed by atoms with van der Waals surface area (Å²) in [6.45, 7) is 0.682. The van der Waals surface area contributed by atoms with Crippen molar-refractivity contribution in [2.45, 2.75) is 12.5 Å². The summed E-state index contributed by atoms with van der Waals surface area (Å²) < 4.78 is 10.6. The zero-order valence-electron chi connectivity index (χ0n) is 14.4. The van der Waals surface area contributed by atoms with Crippen molar-refractivity contribution < 1.29 is 13.9 Å². The molecule has 1 aliphatic rings. The third kappa shape index (κ3) is 3.06. The van der Waals surface area contributed by atoms with Crippen LogP contribution >= 0.6 is 11.3 Å². The number of ether oxygens (including phenoxy) is 1. The van der Waals surface area contributed by atoms with E-state index in [-0.39, 0.29) is 11.9 Å². The lowest BCUT2D eigenvalue weighted by Gasteiger charge is -2.36. The van der Waals surface area contributed by atoms with Gasteiger partial charge in [-0.25, -0.2) is 0 Å². The van der Waals surface area contributed by atoms with Crippen molar-refractivity contribution in [2.24, 2.45) is 0 Å². The molecule has 0 saturated heterocycles. The molecule has 0 radical (unpaired) electrons. The first-order valence-electron chi connectivity index (χ1n) is 8.48. The van der Waals surface area contributed by atoms with Gasteiger partial charge in [-0.05, 0) is 41.6 Å². The molecule has 2 aromatic heterocycles. The first-order chi connectivity index (χ1) is 12.8. The van der Waals surface area contributed by atoms with Gasteiger partial charge in [0.05, 0.1) is 25.7 Å². The summed E-state index contributed by atoms with van der Waals surface area (Å²) in [5, 5.41) is 2.10. The van der Waals surface area contributed by atoms with E-state index < -0.39 is 0 Å². The number of furan rings is 1. The van der Waals surface area contributed by atoms with Crippen LogP contribution in [0.25, 0.3) is 6.08 Å². The van der Waals surface area contributed by atoms with Crippen LogP contribution in [0.3, 0.4) is 0 Å². The predicted molar refractivity (Wildman–Crippen MR) is 102 cm³/mol. The van der Waals surface area contributed by atoms with E-state index in [2.05, 4.69) is 11.4 Å². The summed E-state index contributed by atoms with van der Waals surface area (Å²) in [6, 6.07) is 11.8. The largest absolute Gasteiger partial charge is 0.496 e. The van der Waals surface area contributed by atoms with Crippen LogP contribution < -0.4 is 4.74 Å². The Morgan fingerprint density at radius 1 is 1.31 bits per heavy atom. The van der Waals surface area contributed by atoms with Gasteiger partial charge in [-0.15, -0.1) is 11.3 Å². The topological polar surface area (TPSA) is 42.7 Å². The lowest BCUT2D eigenvalue weighted by atomic mass is 9.94. The molecule has 132 valence electrons. The summed E-state index contributed by atoms with van der Waals surface area (Å²) in [6.07, 6.45) is 7.49. The van der Waals surface area contributed by atoms with Crippen LogP contribution in [0, 0.1) is 0 Å². The molecule has 1 aliphatic heterocycles. The Hall–Kier alpha value is -2.79. The van der Waals surface area contributed by atoms with Crippen molar-refractivity contribution in [3.05, 3.63) is 81.9 Å². The molecule has 4 rings (SSSR count). The SMILES string of the molecule is COc1ccccc1C1c2sccc2CCN1C(=O)C=Cc1ccoc1. The van der Waals surface area contributed by atoms with Gasteiger partial charge < -0.3 is 14.1 Å². The quantitative estimate of drug-likeness (QED) is 0.638. The highest BCUT2D eigenvalue weighted by atomic mass is 32.1. The number of carbonyl (C=O) groups excluding carboxylic acids is 1. The van der Waals surface area contributed by atoms with Gasteiger partial charge in [-0.3, -0.25) is 4.79 Å². The Kier molecular flexibility index (Phi) is 4.63. The molecule has 0 bridgehead atoms. The number of amides is 1. The van der Waals surface area contributed by atoms with Crippen LogP contribution in [-0.4, -0.2) is 24.5 Å². The second kappa shape index (κ2) is 7.22. The van der Waals surface area contributed by atoms with Gasteiger partial charge in [0.15, 0.2) is 0 Å². The zero-order valence-corrected chi connectivity index (χ0v) is 15.2. The van der Waals surface area contributed by atoms with Crippen LogP contribution in [0.2, 0.25) is 0 Å². The average molecular weight is 365 g/mol. The standard InChI is InChI=1S/C21H19NO3S/c1-24-18-5-3-2-4-17(18)20-21-16(10-13-26-21)8-11-22(20)19(23)7-6-15-9-12-25-14-15/h2-7,9-10,12-14,20H,8,11H2,1H3. The van der Waals surface area contributed by atoms with Crippen molar-refractivity contribution in [3.8, 4) is 5.75 Å². The third-order valence-electron chi connectivity index (χ3n) is 4.64. The number of methoxy groups -OCH3 is 1. The minimum absolute atomic E-state index is 0.0128. The Balaban J connectivity index is 1.72. The molecule has 26 heavy (non-hydrogen) atoms. The van der Waals surface area contributed by atoms with Crippen LogP contribution in [0.4, 0.5) is 0 Å². The summed E-state index contributed by atoms with van der Waals surface area (Å²) in [5.41, 5.74) is 3.21.